The molecule has 174 valence electrons. The number of carbonyl (C=O) groups excluding carboxylic acids is 1. The van der Waals surface area contributed by atoms with Gasteiger partial charge in [-0.2, -0.15) is 13.2 Å². The van der Waals surface area contributed by atoms with Gasteiger partial charge in [0, 0.05) is 30.7 Å². The monoisotopic (exact) mass is 478 g/mol. The van der Waals surface area contributed by atoms with E-state index in [1.807, 2.05) is 17.2 Å². The smallest absolute Gasteiger partial charge is 0.349 e. The molecule has 0 aromatic carbocycles. The minimum atomic E-state index is -4.56. The second-order valence-electron chi connectivity index (χ2n) is 7.97. The van der Waals surface area contributed by atoms with Crippen LogP contribution in [0.25, 0.3) is 10.2 Å². The molecule has 1 amide bonds. The molecule has 1 atom stereocenters. The lowest BCUT2D eigenvalue weighted by Crippen LogP contribution is -2.36. The van der Waals surface area contributed by atoms with Crippen molar-refractivity contribution in [3.63, 3.8) is 0 Å². The van der Waals surface area contributed by atoms with E-state index in [2.05, 4.69) is 37.4 Å². The van der Waals surface area contributed by atoms with Gasteiger partial charge in [0.25, 0.3) is 5.91 Å². The van der Waals surface area contributed by atoms with Gasteiger partial charge >= 0.3 is 6.18 Å². The normalized spacial score (nSPS) is 17.5. The van der Waals surface area contributed by atoms with Crippen molar-refractivity contribution in [2.75, 3.05) is 18.0 Å². The Bertz CT molecular complexity index is 1230. The van der Waals surface area contributed by atoms with Crippen LogP contribution < -0.4 is 10.2 Å². The molecular formula is C20H21F3N8OS. The number of hydrogen-bond donors (Lipinski definition) is 1. The highest BCUT2D eigenvalue weighted by molar-refractivity contribution is 7.18. The molecule has 1 N–H and O–H groups in total. The third-order valence-corrected chi connectivity index (χ3v) is 6.60. The van der Waals surface area contributed by atoms with Gasteiger partial charge in [0.1, 0.15) is 10.6 Å². The van der Waals surface area contributed by atoms with Crippen molar-refractivity contribution in [3.8, 4) is 0 Å². The number of rotatable bonds is 7. The molecule has 0 bridgehead atoms. The number of hydrogen-bond acceptors (Lipinski definition) is 8. The maximum absolute atomic E-state index is 13.2. The first kappa shape index (κ1) is 21.7. The second-order valence-corrected chi connectivity index (χ2v) is 9.09. The first-order valence-corrected chi connectivity index (χ1v) is 11.5. The number of anilines is 1. The number of thiophene rings is 1. The minimum absolute atomic E-state index is 0.0436. The van der Waals surface area contributed by atoms with Crippen molar-refractivity contribution >= 4 is 39.5 Å². The van der Waals surface area contributed by atoms with Crippen LogP contribution in [-0.2, 0) is 25.7 Å². The number of nitrogens with zero attached hydrogens (tertiary/aromatic N) is 7. The standard InChI is InChI=1S/C20H21F3N8OS/c1-2-3-12-8-13-16(30-6-7-31-14(10-30)28-29-19(31)20(21,22)23)26-15(27-18(13)33-12)17(32)24-5-4-11-9-25-11/h8-9,11H,2-7,10H2,1H3,(H,24,32). The largest absolute Gasteiger partial charge is 0.451 e. The minimum Gasteiger partial charge on any atom is -0.349 e. The summed E-state index contributed by atoms with van der Waals surface area (Å²) in [6.07, 6.45) is -0.183. The number of alkyl halides is 3. The van der Waals surface area contributed by atoms with Crippen molar-refractivity contribution in [2.24, 2.45) is 4.99 Å². The van der Waals surface area contributed by atoms with Gasteiger partial charge in [-0.25, -0.2) is 9.97 Å². The van der Waals surface area contributed by atoms with Gasteiger partial charge in [0.2, 0.25) is 11.6 Å². The van der Waals surface area contributed by atoms with Crippen LogP contribution in [0.2, 0.25) is 0 Å². The van der Waals surface area contributed by atoms with E-state index < -0.39 is 12.0 Å². The van der Waals surface area contributed by atoms with Gasteiger partial charge < -0.3 is 14.8 Å². The van der Waals surface area contributed by atoms with Crippen molar-refractivity contribution in [1.82, 2.24) is 30.0 Å². The summed E-state index contributed by atoms with van der Waals surface area (Å²) in [6.45, 7) is 2.99. The van der Waals surface area contributed by atoms with Crippen LogP contribution in [0.15, 0.2) is 11.1 Å². The fourth-order valence-electron chi connectivity index (χ4n) is 3.84. The van der Waals surface area contributed by atoms with Crippen LogP contribution >= 0.6 is 11.3 Å². The number of fused-ring (bicyclic) bond motifs is 2. The summed E-state index contributed by atoms with van der Waals surface area (Å²) in [5.41, 5.74) is 0. The number of nitrogens with one attached hydrogen (secondary N) is 1. The molecule has 5 heterocycles. The Kier molecular flexibility index (Phi) is 5.51. The summed E-state index contributed by atoms with van der Waals surface area (Å²) in [6, 6.07) is 2.20. The van der Waals surface area contributed by atoms with Gasteiger partial charge in [0.15, 0.2) is 5.82 Å². The maximum Gasteiger partial charge on any atom is 0.451 e. The van der Waals surface area contributed by atoms with E-state index in [9.17, 15) is 18.0 Å². The van der Waals surface area contributed by atoms with E-state index in [4.69, 9.17) is 0 Å². The highest BCUT2D eigenvalue weighted by atomic mass is 32.1. The molecule has 2 aliphatic rings. The topological polar surface area (TPSA) is 101 Å². The molecule has 5 rings (SSSR count). The van der Waals surface area contributed by atoms with Crippen molar-refractivity contribution in [2.45, 2.75) is 51.5 Å². The second kappa shape index (κ2) is 8.36. The molecule has 9 nitrogen and oxygen atoms in total. The van der Waals surface area contributed by atoms with E-state index >= 15 is 0 Å². The predicted molar refractivity (Wildman–Crippen MR) is 117 cm³/mol. The lowest BCUT2D eigenvalue weighted by atomic mass is 10.2. The van der Waals surface area contributed by atoms with Crippen molar-refractivity contribution in [1.29, 1.82) is 0 Å². The number of aliphatic imine (C=N–C) groups is 1. The molecule has 2 aliphatic heterocycles. The Labute approximate surface area is 190 Å². The molecule has 3 aromatic rings. The molecule has 0 fully saturated rings. The molecule has 0 saturated carbocycles. The number of halogens is 3. The zero-order chi connectivity index (χ0) is 23.2. The average Bonchev–Trinajstić information content (AvgIpc) is 3.33. The summed E-state index contributed by atoms with van der Waals surface area (Å²) in [7, 11) is 0. The summed E-state index contributed by atoms with van der Waals surface area (Å²) in [5, 5.41) is 10.7. The summed E-state index contributed by atoms with van der Waals surface area (Å²) in [4.78, 5) is 29.4. The van der Waals surface area contributed by atoms with Gasteiger partial charge in [-0.05, 0) is 18.9 Å². The van der Waals surface area contributed by atoms with Gasteiger partial charge in [0.05, 0.1) is 18.0 Å². The lowest BCUT2D eigenvalue weighted by molar-refractivity contribution is -0.147. The Hall–Kier alpha value is -3.09. The molecule has 3 aromatic heterocycles. The van der Waals surface area contributed by atoms with Crippen LogP contribution in [0.5, 0.6) is 0 Å². The number of carbonyl (C=O) groups is 1. The highest BCUT2D eigenvalue weighted by Gasteiger charge is 2.39. The van der Waals surface area contributed by atoms with Crippen molar-refractivity contribution < 1.29 is 18.0 Å². The Morgan fingerprint density at radius 1 is 1.27 bits per heavy atom. The molecule has 1 unspecified atom stereocenters. The molecule has 0 saturated heterocycles. The van der Waals surface area contributed by atoms with Crippen molar-refractivity contribution in [3.05, 3.63) is 28.4 Å². The van der Waals surface area contributed by atoms with Crippen LogP contribution in [0.1, 0.15) is 46.9 Å². The third kappa shape index (κ3) is 4.41. The number of aromatic nitrogens is 5. The van der Waals surface area contributed by atoms with E-state index in [1.54, 1.807) is 0 Å². The Balaban J connectivity index is 1.46. The van der Waals surface area contributed by atoms with E-state index in [0.717, 1.165) is 34.1 Å². The zero-order valence-electron chi connectivity index (χ0n) is 17.8. The quantitative estimate of drug-likeness (QED) is 0.561. The molecule has 33 heavy (non-hydrogen) atoms. The molecular weight excluding hydrogens is 457 g/mol. The van der Waals surface area contributed by atoms with Crippen LogP contribution in [0.3, 0.4) is 0 Å². The van der Waals surface area contributed by atoms with Gasteiger partial charge in [-0.1, -0.05) is 13.3 Å². The maximum atomic E-state index is 13.2. The number of amides is 1. The molecule has 0 aliphatic carbocycles. The fourth-order valence-corrected chi connectivity index (χ4v) is 4.96. The lowest BCUT2D eigenvalue weighted by Gasteiger charge is -2.29. The van der Waals surface area contributed by atoms with E-state index in [1.165, 1.54) is 11.3 Å². The SMILES string of the molecule is CCCc1cc2c(N3CCn4c(nnc4C(F)(F)F)C3)nc(C(=O)NCCC3C=N3)nc2s1. The first-order valence-electron chi connectivity index (χ1n) is 10.7. The summed E-state index contributed by atoms with van der Waals surface area (Å²) < 4.78 is 40.7. The van der Waals surface area contributed by atoms with Crippen LogP contribution in [0, 0.1) is 0 Å². The Morgan fingerprint density at radius 3 is 2.82 bits per heavy atom. The zero-order valence-corrected chi connectivity index (χ0v) is 18.6. The third-order valence-electron chi connectivity index (χ3n) is 5.51. The van der Waals surface area contributed by atoms with E-state index in [0.29, 0.717) is 17.2 Å². The van der Waals surface area contributed by atoms with E-state index in [-0.39, 0.29) is 43.2 Å². The fraction of sp³-hybridized carbons (Fsp3) is 0.500. The first-order chi connectivity index (χ1) is 15.8. The molecule has 0 radical (unpaired) electrons. The summed E-state index contributed by atoms with van der Waals surface area (Å²) in [5.74, 6) is -0.603. The van der Waals surface area contributed by atoms with Crippen LogP contribution in [0.4, 0.5) is 19.0 Å². The van der Waals surface area contributed by atoms with Gasteiger partial charge in [-0.15, -0.1) is 21.5 Å². The summed E-state index contributed by atoms with van der Waals surface area (Å²) >= 11 is 1.50. The Morgan fingerprint density at radius 2 is 2.09 bits per heavy atom. The average molecular weight is 479 g/mol. The van der Waals surface area contributed by atoms with Gasteiger partial charge in [-0.3, -0.25) is 9.79 Å². The highest BCUT2D eigenvalue weighted by Crippen LogP contribution is 2.34. The molecule has 13 heteroatoms. The predicted octanol–water partition coefficient (Wildman–Crippen LogP) is 2.85. The molecule has 0 spiro atoms. The van der Waals surface area contributed by atoms with Crippen LogP contribution in [-0.4, -0.2) is 56.0 Å². The number of aryl methyl sites for hydroxylation is 1.